The summed E-state index contributed by atoms with van der Waals surface area (Å²) < 4.78 is 26.7. The van der Waals surface area contributed by atoms with Crippen LogP contribution < -0.4 is 11.1 Å². The van der Waals surface area contributed by atoms with E-state index in [0.717, 1.165) is 6.20 Å². The molecule has 0 unspecified atom stereocenters. The van der Waals surface area contributed by atoms with Gasteiger partial charge in [0.25, 0.3) is 0 Å². The maximum Gasteiger partial charge on any atom is 0.183 e. The lowest BCUT2D eigenvalue weighted by Gasteiger charge is -2.09. The number of hydrogen-bond acceptors (Lipinski definition) is 6. The van der Waals surface area contributed by atoms with Crippen molar-refractivity contribution in [3.05, 3.63) is 65.3 Å². The highest BCUT2D eigenvalue weighted by molar-refractivity contribution is 6.08. The van der Waals surface area contributed by atoms with Gasteiger partial charge in [-0.3, -0.25) is 10.2 Å². The van der Waals surface area contributed by atoms with Gasteiger partial charge in [-0.2, -0.15) is 0 Å². The van der Waals surface area contributed by atoms with Gasteiger partial charge < -0.3 is 11.1 Å². The lowest BCUT2D eigenvalue weighted by atomic mass is 10.2. The fraction of sp³-hybridized carbons (Fsp3) is 0.125. The topological polar surface area (TPSA) is 105 Å². The number of carbonyl (C=O) groups is 1. The highest BCUT2D eigenvalue weighted by atomic mass is 19.1. The minimum Gasteiger partial charge on any atom is -0.381 e. The molecule has 1 aromatic carbocycles. The van der Waals surface area contributed by atoms with Crippen molar-refractivity contribution in [2.24, 2.45) is 0 Å². The van der Waals surface area contributed by atoms with E-state index in [1.807, 2.05) is 0 Å². The first-order valence-corrected chi connectivity index (χ1v) is 6.95. The van der Waals surface area contributed by atoms with Crippen LogP contribution in [0.15, 0.2) is 42.2 Å². The summed E-state index contributed by atoms with van der Waals surface area (Å²) in [6.45, 7) is 1.37. The Labute approximate surface area is 136 Å². The first kappa shape index (κ1) is 17.2. The zero-order valence-electron chi connectivity index (χ0n) is 12.8. The van der Waals surface area contributed by atoms with E-state index in [0.29, 0.717) is 5.56 Å². The molecular weight excluding hydrogens is 316 g/mol. The molecule has 1 aromatic heterocycles. The predicted molar refractivity (Wildman–Crippen MR) is 85.2 cm³/mol. The van der Waals surface area contributed by atoms with Gasteiger partial charge in [-0.15, -0.1) is 0 Å². The lowest BCUT2D eigenvalue weighted by molar-refractivity contribution is -0.114. The van der Waals surface area contributed by atoms with Crippen molar-refractivity contribution in [1.29, 1.82) is 5.41 Å². The number of benzene rings is 1. The quantitative estimate of drug-likeness (QED) is 0.554. The third-order valence-electron chi connectivity index (χ3n) is 3.11. The Hall–Kier alpha value is -3.16. The van der Waals surface area contributed by atoms with Gasteiger partial charge in [-0.25, -0.2) is 18.7 Å². The number of ketones is 1. The van der Waals surface area contributed by atoms with Crippen molar-refractivity contribution >= 4 is 17.3 Å². The Morgan fingerprint density at radius 1 is 1.33 bits per heavy atom. The SMILES string of the molecule is CC(=O)/C(=C/C(=N)c1ncc(F)c(N)n1)NCc1ccccc1F. The molecule has 124 valence electrons. The molecule has 8 heteroatoms. The monoisotopic (exact) mass is 331 g/mol. The van der Waals surface area contributed by atoms with Crippen LogP contribution in [-0.2, 0) is 11.3 Å². The Bertz CT molecular complexity index is 820. The number of anilines is 1. The van der Waals surface area contributed by atoms with Gasteiger partial charge in [0.1, 0.15) is 11.5 Å². The number of hydrogen-bond donors (Lipinski definition) is 3. The molecule has 24 heavy (non-hydrogen) atoms. The van der Waals surface area contributed by atoms with Gasteiger partial charge in [-0.05, 0) is 12.1 Å². The Balaban J connectivity index is 2.18. The predicted octanol–water partition coefficient (Wildman–Crippen LogP) is 1.97. The average molecular weight is 331 g/mol. The summed E-state index contributed by atoms with van der Waals surface area (Å²) >= 11 is 0. The number of allylic oxidation sites excluding steroid dienone is 2. The molecule has 0 atom stereocenters. The van der Waals surface area contributed by atoms with Crippen LogP contribution in [0.2, 0.25) is 0 Å². The Morgan fingerprint density at radius 3 is 2.67 bits per heavy atom. The summed E-state index contributed by atoms with van der Waals surface area (Å²) in [5, 5.41) is 10.7. The van der Waals surface area contributed by atoms with Crippen LogP contribution in [0.1, 0.15) is 18.3 Å². The molecule has 0 saturated carbocycles. The van der Waals surface area contributed by atoms with Gasteiger partial charge >= 0.3 is 0 Å². The summed E-state index contributed by atoms with van der Waals surface area (Å²) in [5.41, 5.74) is 5.56. The zero-order chi connectivity index (χ0) is 17.7. The van der Waals surface area contributed by atoms with E-state index >= 15 is 0 Å². The van der Waals surface area contributed by atoms with E-state index in [2.05, 4.69) is 15.3 Å². The van der Waals surface area contributed by atoms with E-state index in [9.17, 15) is 13.6 Å². The molecule has 0 aliphatic heterocycles. The lowest BCUT2D eigenvalue weighted by Crippen LogP contribution is -2.21. The van der Waals surface area contributed by atoms with Crippen molar-refractivity contribution < 1.29 is 13.6 Å². The van der Waals surface area contributed by atoms with Crippen LogP contribution in [0.4, 0.5) is 14.6 Å². The second kappa shape index (κ2) is 7.40. The molecule has 0 aliphatic rings. The maximum absolute atomic E-state index is 13.6. The van der Waals surface area contributed by atoms with Crippen molar-refractivity contribution in [1.82, 2.24) is 15.3 Å². The summed E-state index contributed by atoms with van der Waals surface area (Å²) in [6.07, 6.45) is 2.04. The molecule has 0 spiro atoms. The van der Waals surface area contributed by atoms with Gasteiger partial charge in [0, 0.05) is 19.0 Å². The second-order valence-corrected chi connectivity index (χ2v) is 4.90. The number of nitrogen functional groups attached to an aromatic ring is 1. The third kappa shape index (κ3) is 4.19. The van der Waals surface area contributed by atoms with E-state index < -0.39 is 11.6 Å². The van der Waals surface area contributed by atoms with Gasteiger partial charge in [0.05, 0.1) is 11.9 Å². The highest BCUT2D eigenvalue weighted by Crippen LogP contribution is 2.08. The van der Waals surface area contributed by atoms with Crippen LogP contribution in [0.3, 0.4) is 0 Å². The summed E-state index contributed by atoms with van der Waals surface area (Å²) in [5.74, 6) is -2.06. The molecule has 0 aliphatic carbocycles. The van der Waals surface area contributed by atoms with E-state index in [1.165, 1.54) is 19.1 Å². The number of nitrogens with one attached hydrogen (secondary N) is 2. The molecule has 1 heterocycles. The number of aromatic nitrogens is 2. The zero-order valence-corrected chi connectivity index (χ0v) is 12.8. The average Bonchev–Trinajstić information content (AvgIpc) is 2.54. The molecule has 0 saturated heterocycles. The minimum atomic E-state index is -0.792. The van der Waals surface area contributed by atoms with Gasteiger partial charge in [0.2, 0.25) is 0 Å². The van der Waals surface area contributed by atoms with Crippen molar-refractivity contribution in [2.45, 2.75) is 13.5 Å². The van der Waals surface area contributed by atoms with E-state index in [4.69, 9.17) is 11.1 Å². The fourth-order valence-corrected chi connectivity index (χ4v) is 1.83. The van der Waals surface area contributed by atoms with E-state index in [1.54, 1.807) is 18.2 Å². The smallest absolute Gasteiger partial charge is 0.183 e. The standard InChI is InChI=1S/C16H15F2N5O/c1-9(24)14(21-7-10-4-2-3-5-11(10)17)6-13(19)16-22-8-12(18)15(20)23-16/h2-6,8,19,21H,7H2,1H3,(H2,20,22,23)/b14-6-,19-13?. The fourth-order valence-electron chi connectivity index (χ4n) is 1.83. The number of halogens is 2. The number of nitrogens with zero attached hydrogens (tertiary/aromatic N) is 2. The minimum absolute atomic E-state index is 0.0672. The van der Waals surface area contributed by atoms with Crippen molar-refractivity contribution in [3.8, 4) is 0 Å². The van der Waals surface area contributed by atoms with E-state index in [-0.39, 0.29) is 35.4 Å². The number of carbonyl (C=O) groups excluding carboxylic acids is 1. The van der Waals surface area contributed by atoms with Gasteiger partial charge in [0.15, 0.2) is 23.2 Å². The van der Waals surface area contributed by atoms with Crippen molar-refractivity contribution in [2.75, 3.05) is 5.73 Å². The highest BCUT2D eigenvalue weighted by Gasteiger charge is 2.11. The summed E-state index contributed by atoms with van der Waals surface area (Å²) in [4.78, 5) is 19.0. The molecule has 0 amide bonds. The van der Waals surface area contributed by atoms with Crippen molar-refractivity contribution in [3.63, 3.8) is 0 Å². The third-order valence-corrected chi connectivity index (χ3v) is 3.11. The molecule has 4 N–H and O–H groups in total. The van der Waals surface area contributed by atoms with Crippen LogP contribution in [-0.4, -0.2) is 21.5 Å². The first-order valence-electron chi connectivity index (χ1n) is 6.95. The normalized spacial score (nSPS) is 11.2. The largest absolute Gasteiger partial charge is 0.381 e. The first-order chi connectivity index (χ1) is 11.4. The molecule has 0 bridgehead atoms. The molecule has 0 radical (unpaired) electrons. The maximum atomic E-state index is 13.6. The summed E-state index contributed by atoms with van der Waals surface area (Å²) in [7, 11) is 0. The van der Waals surface area contributed by atoms with Crippen LogP contribution in [0, 0.1) is 17.0 Å². The molecule has 0 fully saturated rings. The molecule has 2 rings (SSSR count). The molecule has 2 aromatic rings. The number of nitrogens with two attached hydrogens (primary N) is 1. The number of rotatable bonds is 6. The van der Waals surface area contributed by atoms with Crippen LogP contribution >= 0.6 is 0 Å². The Morgan fingerprint density at radius 2 is 2.04 bits per heavy atom. The van der Waals surface area contributed by atoms with Crippen LogP contribution in [0.5, 0.6) is 0 Å². The molecule has 6 nitrogen and oxygen atoms in total. The number of Topliss-reactive ketones (excluding diaryl/α,β-unsaturated/α-hetero) is 1. The van der Waals surface area contributed by atoms with Crippen LogP contribution in [0.25, 0.3) is 0 Å². The van der Waals surface area contributed by atoms with Gasteiger partial charge in [-0.1, -0.05) is 18.2 Å². The second-order valence-electron chi connectivity index (χ2n) is 4.90. The summed E-state index contributed by atoms with van der Waals surface area (Å²) in [6, 6.07) is 6.13. The molecular formula is C16H15F2N5O. The Kier molecular flexibility index (Phi) is 5.31.